The molecule has 1 amide bonds. The number of amides is 1. The van der Waals surface area contributed by atoms with E-state index in [-0.39, 0.29) is 12.5 Å². The van der Waals surface area contributed by atoms with E-state index in [9.17, 15) is 9.59 Å². The summed E-state index contributed by atoms with van der Waals surface area (Å²) in [5.74, 6) is -0.811. The summed E-state index contributed by atoms with van der Waals surface area (Å²) in [6.45, 7) is 3.59. The number of carbonyl (C=O) groups excluding carboxylic acids is 2. The van der Waals surface area contributed by atoms with Crippen molar-refractivity contribution in [2.45, 2.75) is 19.9 Å². The Hall–Kier alpha value is -2.30. The van der Waals surface area contributed by atoms with Crippen LogP contribution in [0.5, 0.6) is 0 Å². The van der Waals surface area contributed by atoms with Gasteiger partial charge in [0, 0.05) is 5.39 Å². The van der Waals surface area contributed by atoms with Crippen LogP contribution in [0, 0.1) is 0 Å². The quantitative estimate of drug-likeness (QED) is 0.856. The van der Waals surface area contributed by atoms with Gasteiger partial charge in [-0.25, -0.2) is 4.79 Å². The second-order valence-corrected chi connectivity index (χ2v) is 4.09. The fourth-order valence-corrected chi connectivity index (χ4v) is 1.75. The molecule has 100 valence electrons. The molecule has 0 saturated carbocycles. The Kier molecular flexibility index (Phi) is 3.85. The maximum absolute atomic E-state index is 12.1. The summed E-state index contributed by atoms with van der Waals surface area (Å²) in [6.07, 6.45) is 1.39. The number of hydrogen-bond acceptors (Lipinski definition) is 4. The molecule has 1 heterocycles. The topological polar surface area (TPSA) is 68.5 Å². The van der Waals surface area contributed by atoms with Gasteiger partial charge < -0.3 is 14.5 Å². The molecular formula is C14H15NO4. The van der Waals surface area contributed by atoms with Crippen LogP contribution in [0.2, 0.25) is 0 Å². The van der Waals surface area contributed by atoms with Gasteiger partial charge in [-0.3, -0.25) is 4.79 Å². The van der Waals surface area contributed by atoms with Gasteiger partial charge in [-0.05, 0) is 19.9 Å². The van der Waals surface area contributed by atoms with E-state index in [0.717, 1.165) is 5.39 Å². The molecule has 5 nitrogen and oxygen atoms in total. The van der Waals surface area contributed by atoms with Crippen molar-refractivity contribution in [3.63, 3.8) is 0 Å². The molecule has 0 aliphatic carbocycles. The number of hydrogen-bond donors (Lipinski definition) is 1. The van der Waals surface area contributed by atoms with Crippen LogP contribution < -0.4 is 5.32 Å². The molecule has 0 aliphatic rings. The number of ether oxygens (including phenoxy) is 1. The molecule has 5 heteroatoms. The van der Waals surface area contributed by atoms with Gasteiger partial charge in [-0.2, -0.15) is 0 Å². The molecule has 1 unspecified atom stereocenters. The first-order valence-electron chi connectivity index (χ1n) is 6.07. The van der Waals surface area contributed by atoms with Gasteiger partial charge in [-0.15, -0.1) is 0 Å². The molecule has 0 bridgehead atoms. The third kappa shape index (κ3) is 2.76. The molecule has 1 aromatic heterocycles. The standard InChI is InChI=1S/C14H15NO4/c1-3-18-14(17)9(2)15-13(16)11-8-19-12-7-5-4-6-10(11)12/h4-9H,3H2,1-2H3,(H,15,16). The molecule has 0 spiro atoms. The predicted octanol–water partition coefficient (Wildman–Crippen LogP) is 2.11. The summed E-state index contributed by atoms with van der Waals surface area (Å²) in [7, 11) is 0. The van der Waals surface area contributed by atoms with Crippen LogP contribution in [0.3, 0.4) is 0 Å². The number of esters is 1. The van der Waals surface area contributed by atoms with Crippen molar-refractivity contribution in [1.82, 2.24) is 5.32 Å². The fourth-order valence-electron chi connectivity index (χ4n) is 1.75. The number of nitrogens with one attached hydrogen (secondary N) is 1. The van der Waals surface area contributed by atoms with E-state index in [0.29, 0.717) is 11.1 Å². The molecule has 0 fully saturated rings. The average Bonchev–Trinajstić information content (AvgIpc) is 2.82. The van der Waals surface area contributed by atoms with Crippen molar-refractivity contribution in [3.05, 3.63) is 36.1 Å². The third-order valence-corrected chi connectivity index (χ3v) is 2.71. The molecule has 19 heavy (non-hydrogen) atoms. The van der Waals surface area contributed by atoms with E-state index in [2.05, 4.69) is 5.32 Å². The van der Waals surface area contributed by atoms with Crippen molar-refractivity contribution in [1.29, 1.82) is 0 Å². The molecular weight excluding hydrogens is 246 g/mol. The molecule has 1 aromatic carbocycles. The van der Waals surface area contributed by atoms with E-state index in [1.807, 2.05) is 12.1 Å². The van der Waals surface area contributed by atoms with Crippen LogP contribution in [0.25, 0.3) is 11.0 Å². The minimum atomic E-state index is -0.693. The molecule has 0 aliphatic heterocycles. The van der Waals surface area contributed by atoms with Gasteiger partial charge in [0.1, 0.15) is 17.9 Å². The normalized spacial score (nSPS) is 12.1. The summed E-state index contributed by atoms with van der Waals surface area (Å²) >= 11 is 0. The molecule has 2 aromatic rings. The Morgan fingerprint density at radius 3 is 2.84 bits per heavy atom. The highest BCUT2D eigenvalue weighted by Crippen LogP contribution is 2.20. The maximum Gasteiger partial charge on any atom is 0.328 e. The van der Waals surface area contributed by atoms with Crippen LogP contribution in [-0.2, 0) is 9.53 Å². The van der Waals surface area contributed by atoms with E-state index in [1.165, 1.54) is 6.26 Å². The lowest BCUT2D eigenvalue weighted by atomic mass is 10.1. The van der Waals surface area contributed by atoms with Crippen molar-refractivity contribution in [2.24, 2.45) is 0 Å². The highest BCUT2D eigenvalue weighted by atomic mass is 16.5. The van der Waals surface area contributed by atoms with E-state index >= 15 is 0 Å². The Bertz CT molecular complexity index is 602. The Labute approximate surface area is 110 Å². The second-order valence-electron chi connectivity index (χ2n) is 4.09. The Morgan fingerprint density at radius 1 is 1.37 bits per heavy atom. The first kappa shape index (κ1) is 13.1. The maximum atomic E-state index is 12.1. The van der Waals surface area contributed by atoms with Gasteiger partial charge in [0.05, 0.1) is 12.2 Å². The lowest BCUT2D eigenvalue weighted by molar-refractivity contribution is -0.144. The van der Waals surface area contributed by atoms with Gasteiger partial charge in [0.25, 0.3) is 5.91 Å². The lowest BCUT2D eigenvalue weighted by Gasteiger charge is -2.11. The summed E-state index contributed by atoms with van der Waals surface area (Å²) in [6, 6.07) is 6.53. The number of para-hydroxylation sites is 1. The second kappa shape index (κ2) is 5.56. The van der Waals surface area contributed by atoms with Crippen molar-refractivity contribution in [3.8, 4) is 0 Å². The van der Waals surface area contributed by atoms with Gasteiger partial charge in [0.15, 0.2) is 0 Å². The third-order valence-electron chi connectivity index (χ3n) is 2.71. The zero-order valence-electron chi connectivity index (χ0n) is 10.8. The largest absolute Gasteiger partial charge is 0.464 e. The van der Waals surface area contributed by atoms with Crippen molar-refractivity contribution < 1.29 is 18.7 Å². The molecule has 0 saturated heterocycles. The Morgan fingerprint density at radius 2 is 2.11 bits per heavy atom. The number of benzene rings is 1. The number of fused-ring (bicyclic) bond motifs is 1. The van der Waals surface area contributed by atoms with Crippen LogP contribution >= 0.6 is 0 Å². The summed E-state index contributed by atoms with van der Waals surface area (Å²) in [5, 5.41) is 3.30. The highest BCUT2D eigenvalue weighted by Gasteiger charge is 2.20. The van der Waals surface area contributed by atoms with Gasteiger partial charge in [-0.1, -0.05) is 18.2 Å². The van der Waals surface area contributed by atoms with Gasteiger partial charge in [0.2, 0.25) is 0 Å². The van der Waals surface area contributed by atoms with Crippen LogP contribution in [-0.4, -0.2) is 24.5 Å². The molecule has 2 rings (SSSR count). The van der Waals surface area contributed by atoms with Crippen LogP contribution in [0.4, 0.5) is 0 Å². The highest BCUT2D eigenvalue weighted by molar-refractivity contribution is 6.06. The number of rotatable bonds is 4. The van der Waals surface area contributed by atoms with Crippen molar-refractivity contribution in [2.75, 3.05) is 6.61 Å². The van der Waals surface area contributed by atoms with Gasteiger partial charge >= 0.3 is 5.97 Å². The molecule has 1 atom stereocenters. The SMILES string of the molecule is CCOC(=O)C(C)NC(=O)c1coc2ccccc12. The first-order valence-corrected chi connectivity index (χ1v) is 6.07. The molecule has 1 N–H and O–H groups in total. The summed E-state index contributed by atoms with van der Waals surface area (Å²) in [5.41, 5.74) is 1.04. The minimum Gasteiger partial charge on any atom is -0.464 e. The lowest BCUT2D eigenvalue weighted by Crippen LogP contribution is -2.39. The zero-order valence-corrected chi connectivity index (χ0v) is 10.8. The van der Waals surface area contributed by atoms with Crippen molar-refractivity contribution >= 4 is 22.8 Å². The number of carbonyl (C=O) groups is 2. The minimum absolute atomic E-state index is 0.285. The van der Waals surface area contributed by atoms with E-state index in [1.54, 1.807) is 26.0 Å². The zero-order chi connectivity index (χ0) is 13.8. The Balaban J connectivity index is 2.14. The van der Waals surface area contributed by atoms with Crippen LogP contribution in [0.1, 0.15) is 24.2 Å². The van der Waals surface area contributed by atoms with E-state index in [4.69, 9.17) is 9.15 Å². The first-order chi connectivity index (χ1) is 9.13. The fraction of sp³-hybridized carbons (Fsp3) is 0.286. The summed E-state index contributed by atoms with van der Waals surface area (Å²) in [4.78, 5) is 23.5. The van der Waals surface area contributed by atoms with E-state index < -0.39 is 12.0 Å². The monoisotopic (exact) mass is 261 g/mol. The average molecular weight is 261 g/mol. The van der Waals surface area contributed by atoms with Crippen LogP contribution in [0.15, 0.2) is 34.9 Å². The smallest absolute Gasteiger partial charge is 0.328 e. The number of furan rings is 1. The molecule has 0 radical (unpaired) electrons. The summed E-state index contributed by atoms with van der Waals surface area (Å²) < 4.78 is 10.1. The predicted molar refractivity (Wildman–Crippen MR) is 69.8 cm³/mol.